The Morgan fingerprint density at radius 3 is 2.73 bits per heavy atom. The van der Waals surface area contributed by atoms with Gasteiger partial charge in [-0.25, -0.2) is 4.98 Å². The summed E-state index contributed by atoms with van der Waals surface area (Å²) < 4.78 is 0. The van der Waals surface area contributed by atoms with Gasteiger partial charge in [0, 0.05) is 28.7 Å². The summed E-state index contributed by atoms with van der Waals surface area (Å²) in [6.45, 7) is 7.98. The van der Waals surface area contributed by atoms with E-state index in [2.05, 4.69) is 10.3 Å². The Bertz CT molecular complexity index is 851. The summed E-state index contributed by atoms with van der Waals surface area (Å²) in [5, 5.41) is 3.65. The summed E-state index contributed by atoms with van der Waals surface area (Å²) >= 11 is 1.43. The Morgan fingerprint density at radius 1 is 1.27 bits per heavy atom. The van der Waals surface area contributed by atoms with Gasteiger partial charge in [0.2, 0.25) is 0 Å². The minimum absolute atomic E-state index is 0.00667. The number of nitrogens with one attached hydrogen (secondary N) is 1. The zero-order valence-electron chi connectivity index (χ0n) is 15.4. The van der Waals surface area contributed by atoms with Gasteiger partial charge in [0.1, 0.15) is 5.03 Å². The Hall–Kier alpha value is -2.34. The second kappa shape index (κ2) is 7.50. The average molecular weight is 369 g/mol. The molecule has 3 rings (SSSR count). The maximum atomic E-state index is 13.0. The number of hydrogen-bond acceptors (Lipinski definition) is 4. The molecule has 1 N–H and O–H groups in total. The summed E-state index contributed by atoms with van der Waals surface area (Å²) in [4.78, 5) is 32.5. The summed E-state index contributed by atoms with van der Waals surface area (Å²) in [5.74, 6) is -0.165. The molecule has 5 nitrogen and oxygen atoms in total. The lowest BCUT2D eigenvalue weighted by Gasteiger charge is -2.27. The van der Waals surface area contributed by atoms with Crippen molar-refractivity contribution in [3.8, 4) is 0 Å². The normalized spacial score (nSPS) is 14.5. The third-order valence-electron chi connectivity index (χ3n) is 4.41. The van der Waals surface area contributed by atoms with Gasteiger partial charge in [-0.2, -0.15) is 0 Å². The van der Waals surface area contributed by atoms with Crippen molar-refractivity contribution in [3.63, 3.8) is 0 Å². The van der Waals surface area contributed by atoms with Gasteiger partial charge in [-0.1, -0.05) is 18.7 Å². The maximum absolute atomic E-state index is 13.0. The predicted molar refractivity (Wildman–Crippen MR) is 104 cm³/mol. The molecule has 0 bridgehead atoms. The molecule has 1 aliphatic heterocycles. The highest BCUT2D eigenvalue weighted by Gasteiger charge is 2.30. The molecule has 0 spiro atoms. The van der Waals surface area contributed by atoms with Crippen molar-refractivity contribution < 1.29 is 9.59 Å². The van der Waals surface area contributed by atoms with Crippen LogP contribution in [-0.2, 0) is 0 Å². The smallest absolute Gasteiger partial charge is 0.261 e. The number of anilines is 1. The molecular formula is C20H23N3O2S. The van der Waals surface area contributed by atoms with Gasteiger partial charge in [-0.15, -0.1) is 0 Å². The number of amides is 2. The van der Waals surface area contributed by atoms with Gasteiger partial charge < -0.3 is 10.2 Å². The first kappa shape index (κ1) is 18.5. The predicted octanol–water partition coefficient (Wildman–Crippen LogP) is 4.13. The van der Waals surface area contributed by atoms with Crippen molar-refractivity contribution in [2.24, 2.45) is 0 Å². The molecule has 0 fully saturated rings. The second-order valence-electron chi connectivity index (χ2n) is 6.69. The van der Waals surface area contributed by atoms with E-state index in [0.29, 0.717) is 16.2 Å². The highest BCUT2D eigenvalue weighted by atomic mass is 32.2. The molecule has 2 aromatic rings. The molecule has 1 atom stereocenters. The van der Waals surface area contributed by atoms with E-state index in [-0.39, 0.29) is 23.9 Å². The highest BCUT2D eigenvalue weighted by molar-refractivity contribution is 7.99. The van der Waals surface area contributed by atoms with E-state index in [1.165, 1.54) is 11.8 Å². The van der Waals surface area contributed by atoms with E-state index in [1.807, 2.05) is 39.8 Å². The first-order chi connectivity index (χ1) is 12.4. The minimum atomic E-state index is -0.101. The average Bonchev–Trinajstić information content (AvgIpc) is 2.74. The lowest BCUT2D eigenvalue weighted by atomic mass is 10.1. The van der Waals surface area contributed by atoms with Gasteiger partial charge in [0.25, 0.3) is 11.8 Å². The number of hydrogen-bond donors (Lipinski definition) is 1. The number of nitrogens with zero attached hydrogens (tertiary/aromatic N) is 2. The lowest BCUT2D eigenvalue weighted by molar-refractivity contribution is 0.0938. The molecule has 6 heteroatoms. The van der Waals surface area contributed by atoms with Gasteiger partial charge in [-0.05, 0) is 57.5 Å². The number of carbonyl (C=O) groups is 2. The van der Waals surface area contributed by atoms with E-state index in [0.717, 1.165) is 17.0 Å². The summed E-state index contributed by atoms with van der Waals surface area (Å²) in [5.41, 5.74) is 1.99. The Kier molecular flexibility index (Phi) is 5.32. The van der Waals surface area contributed by atoms with Crippen molar-refractivity contribution in [2.75, 3.05) is 4.90 Å². The third-order valence-corrected chi connectivity index (χ3v) is 5.48. The first-order valence-corrected chi connectivity index (χ1v) is 9.65. The molecule has 2 heterocycles. The van der Waals surface area contributed by atoms with E-state index in [1.54, 1.807) is 29.3 Å². The number of pyridine rings is 1. The molecule has 2 amide bonds. The number of rotatable bonds is 4. The first-order valence-electron chi connectivity index (χ1n) is 8.83. The number of carbonyl (C=O) groups excluding carboxylic acids is 2. The minimum Gasteiger partial charge on any atom is -0.350 e. The maximum Gasteiger partial charge on any atom is 0.261 e. The van der Waals surface area contributed by atoms with Crippen molar-refractivity contribution >= 4 is 29.3 Å². The molecule has 1 aromatic heterocycles. The lowest BCUT2D eigenvalue weighted by Crippen LogP contribution is -2.37. The highest BCUT2D eigenvalue weighted by Crippen LogP contribution is 2.41. The van der Waals surface area contributed by atoms with Crippen LogP contribution in [0.15, 0.2) is 46.5 Å². The standard InChI is InChI=1S/C20H23N3O2S/c1-5-13(4)22-18(24)14-8-9-16-17(11-14)26-19-15(7-6-10-21-19)20(25)23(16)12(2)3/h6-13H,5H2,1-4H3,(H,22,24)/t13-/m1/s1. The van der Waals surface area contributed by atoms with Crippen LogP contribution in [0.4, 0.5) is 5.69 Å². The fourth-order valence-electron chi connectivity index (χ4n) is 2.84. The molecule has 1 aliphatic rings. The van der Waals surface area contributed by atoms with E-state index in [9.17, 15) is 9.59 Å². The molecule has 0 saturated heterocycles. The SMILES string of the molecule is CC[C@@H](C)NC(=O)c1ccc2c(c1)Sc1ncccc1C(=O)N2C(C)C. The van der Waals surface area contributed by atoms with Crippen LogP contribution >= 0.6 is 11.8 Å². The largest absolute Gasteiger partial charge is 0.350 e. The van der Waals surface area contributed by atoms with Crippen molar-refractivity contribution in [1.82, 2.24) is 10.3 Å². The number of aromatic nitrogens is 1. The molecule has 0 radical (unpaired) electrons. The van der Waals surface area contributed by atoms with E-state index < -0.39 is 0 Å². The van der Waals surface area contributed by atoms with Crippen LogP contribution in [0, 0.1) is 0 Å². The van der Waals surface area contributed by atoms with Gasteiger partial charge >= 0.3 is 0 Å². The van der Waals surface area contributed by atoms with Gasteiger partial charge in [0.05, 0.1) is 11.3 Å². The molecule has 26 heavy (non-hydrogen) atoms. The van der Waals surface area contributed by atoms with Gasteiger partial charge in [0.15, 0.2) is 0 Å². The molecule has 0 saturated carbocycles. The number of benzene rings is 1. The van der Waals surface area contributed by atoms with E-state index in [4.69, 9.17) is 0 Å². The Balaban J connectivity index is 2.07. The monoisotopic (exact) mass is 369 g/mol. The van der Waals surface area contributed by atoms with E-state index >= 15 is 0 Å². The quantitative estimate of drug-likeness (QED) is 0.880. The van der Waals surface area contributed by atoms with Crippen LogP contribution in [-0.4, -0.2) is 28.9 Å². The van der Waals surface area contributed by atoms with Crippen LogP contribution in [0.5, 0.6) is 0 Å². The zero-order valence-corrected chi connectivity index (χ0v) is 16.3. The van der Waals surface area contributed by atoms with Crippen LogP contribution in [0.3, 0.4) is 0 Å². The number of fused-ring (bicyclic) bond motifs is 2. The van der Waals surface area contributed by atoms with Crippen LogP contribution in [0.2, 0.25) is 0 Å². The van der Waals surface area contributed by atoms with Crippen LogP contribution in [0.1, 0.15) is 54.8 Å². The van der Waals surface area contributed by atoms with Crippen LogP contribution in [0.25, 0.3) is 0 Å². The fraction of sp³-hybridized carbons (Fsp3) is 0.350. The molecular weight excluding hydrogens is 346 g/mol. The van der Waals surface area contributed by atoms with Crippen molar-refractivity contribution in [1.29, 1.82) is 0 Å². The summed E-state index contributed by atoms with van der Waals surface area (Å²) in [6.07, 6.45) is 2.56. The topological polar surface area (TPSA) is 62.3 Å². The third kappa shape index (κ3) is 3.46. The molecule has 0 aliphatic carbocycles. The molecule has 136 valence electrons. The molecule has 0 unspecified atom stereocenters. The van der Waals surface area contributed by atoms with Gasteiger partial charge in [-0.3, -0.25) is 9.59 Å². The Morgan fingerprint density at radius 2 is 2.04 bits per heavy atom. The summed E-state index contributed by atoms with van der Waals surface area (Å²) in [6, 6.07) is 9.18. The summed E-state index contributed by atoms with van der Waals surface area (Å²) in [7, 11) is 0. The van der Waals surface area contributed by atoms with Crippen molar-refractivity contribution in [2.45, 2.75) is 56.1 Å². The second-order valence-corrected chi connectivity index (χ2v) is 7.72. The van der Waals surface area contributed by atoms with Crippen molar-refractivity contribution in [3.05, 3.63) is 47.7 Å². The Labute approximate surface area is 158 Å². The fourth-order valence-corrected chi connectivity index (χ4v) is 3.88. The molecule has 1 aromatic carbocycles. The zero-order chi connectivity index (χ0) is 18.8. The van der Waals surface area contributed by atoms with Crippen LogP contribution < -0.4 is 10.2 Å².